The van der Waals surface area contributed by atoms with Gasteiger partial charge in [-0.3, -0.25) is 0 Å². The molecule has 21 heavy (non-hydrogen) atoms. The molecule has 0 amide bonds. The van der Waals surface area contributed by atoms with Gasteiger partial charge in [-0.1, -0.05) is 23.2 Å². The van der Waals surface area contributed by atoms with E-state index in [0.717, 1.165) is 24.3 Å². The van der Waals surface area contributed by atoms with Crippen molar-refractivity contribution in [3.8, 4) is 11.8 Å². The number of halogens is 3. The Labute approximate surface area is 130 Å². The molecule has 0 spiro atoms. The minimum absolute atomic E-state index is 0.0209. The van der Waals surface area contributed by atoms with Crippen LogP contribution in [0.2, 0.25) is 10.0 Å². The quantitative estimate of drug-likeness (QED) is 0.794. The van der Waals surface area contributed by atoms with E-state index in [-0.39, 0.29) is 26.3 Å². The Hall–Kier alpha value is -1.81. The molecule has 108 valence electrons. The Morgan fingerprint density at radius 3 is 2.38 bits per heavy atom. The van der Waals surface area contributed by atoms with Crippen molar-refractivity contribution in [3.63, 3.8) is 0 Å². The number of benzene rings is 2. The fourth-order valence-corrected chi connectivity index (χ4v) is 2.96. The third-order valence-electron chi connectivity index (χ3n) is 2.44. The summed E-state index contributed by atoms with van der Waals surface area (Å²) in [4.78, 5) is -0.244. The molecule has 0 bridgehead atoms. The van der Waals surface area contributed by atoms with Gasteiger partial charge >= 0.3 is 10.1 Å². The van der Waals surface area contributed by atoms with Crippen LogP contribution in [-0.4, -0.2) is 8.42 Å². The Morgan fingerprint density at radius 1 is 1.10 bits per heavy atom. The molecule has 0 aliphatic heterocycles. The van der Waals surface area contributed by atoms with E-state index >= 15 is 0 Å². The Bertz CT molecular complexity index is 847. The Kier molecular flexibility index (Phi) is 4.37. The Morgan fingerprint density at radius 2 is 1.81 bits per heavy atom. The van der Waals surface area contributed by atoms with Crippen LogP contribution in [0.3, 0.4) is 0 Å². The molecule has 2 rings (SSSR count). The average molecular weight is 346 g/mol. The van der Waals surface area contributed by atoms with Crippen LogP contribution in [-0.2, 0) is 10.1 Å². The number of nitrogens with zero attached hydrogens (tertiary/aromatic N) is 1. The fraction of sp³-hybridized carbons (Fsp3) is 0. The highest BCUT2D eigenvalue weighted by atomic mass is 35.5. The molecule has 0 aliphatic rings. The lowest BCUT2D eigenvalue weighted by atomic mass is 10.2. The van der Waals surface area contributed by atoms with E-state index in [0.29, 0.717) is 0 Å². The maximum Gasteiger partial charge on any atom is 0.339 e. The van der Waals surface area contributed by atoms with Gasteiger partial charge in [0, 0.05) is 0 Å². The first-order chi connectivity index (χ1) is 9.83. The molecule has 8 heteroatoms. The van der Waals surface area contributed by atoms with Crippen LogP contribution >= 0.6 is 23.2 Å². The second-order valence-corrected chi connectivity index (χ2v) is 6.23. The van der Waals surface area contributed by atoms with Gasteiger partial charge in [-0.15, -0.1) is 0 Å². The molecule has 0 aromatic heterocycles. The second-order valence-electron chi connectivity index (χ2n) is 3.87. The van der Waals surface area contributed by atoms with Crippen LogP contribution < -0.4 is 4.18 Å². The monoisotopic (exact) mass is 345 g/mol. The molecule has 2 aromatic carbocycles. The van der Waals surface area contributed by atoms with E-state index < -0.39 is 15.9 Å². The summed E-state index contributed by atoms with van der Waals surface area (Å²) in [6, 6.07) is 8.37. The number of hydrogen-bond donors (Lipinski definition) is 0. The van der Waals surface area contributed by atoms with E-state index in [2.05, 4.69) is 0 Å². The molecule has 0 saturated heterocycles. The van der Waals surface area contributed by atoms with E-state index in [9.17, 15) is 12.8 Å². The summed E-state index contributed by atoms with van der Waals surface area (Å²) in [6.07, 6.45) is 0. The van der Waals surface area contributed by atoms with Gasteiger partial charge in [-0.25, -0.2) is 4.39 Å². The largest absolute Gasteiger partial charge is 0.377 e. The van der Waals surface area contributed by atoms with E-state index in [1.54, 1.807) is 0 Å². The molecular weight excluding hydrogens is 340 g/mol. The van der Waals surface area contributed by atoms with E-state index in [4.69, 9.17) is 32.6 Å². The van der Waals surface area contributed by atoms with E-state index in [1.807, 2.05) is 6.07 Å². The lowest BCUT2D eigenvalue weighted by Gasteiger charge is -2.09. The van der Waals surface area contributed by atoms with Gasteiger partial charge in [0.1, 0.15) is 16.8 Å². The van der Waals surface area contributed by atoms with Gasteiger partial charge in [0.15, 0.2) is 5.75 Å². The molecule has 0 atom stereocenters. The van der Waals surface area contributed by atoms with Crippen LogP contribution in [0.15, 0.2) is 41.3 Å². The standard InChI is InChI=1S/C13H6Cl2FNO3S/c14-11-6-10(3-1-8(11)7-17)21(18,19)20-13-4-2-9(16)5-12(13)15/h1-6H. The van der Waals surface area contributed by atoms with Crippen molar-refractivity contribution in [2.45, 2.75) is 4.90 Å². The van der Waals surface area contributed by atoms with Crippen molar-refractivity contribution in [3.05, 3.63) is 57.8 Å². The van der Waals surface area contributed by atoms with Crippen molar-refractivity contribution in [2.24, 2.45) is 0 Å². The molecule has 0 fully saturated rings. The smallest absolute Gasteiger partial charge is 0.339 e. The first-order valence-corrected chi connectivity index (χ1v) is 7.59. The van der Waals surface area contributed by atoms with Crippen LogP contribution in [0, 0.1) is 17.1 Å². The topological polar surface area (TPSA) is 67.2 Å². The van der Waals surface area contributed by atoms with Crippen molar-refractivity contribution >= 4 is 33.3 Å². The average Bonchev–Trinajstić information content (AvgIpc) is 2.42. The van der Waals surface area contributed by atoms with Gasteiger partial charge in [0.25, 0.3) is 0 Å². The van der Waals surface area contributed by atoms with Crippen molar-refractivity contribution in [1.29, 1.82) is 5.26 Å². The van der Waals surface area contributed by atoms with Gasteiger partial charge < -0.3 is 4.18 Å². The first-order valence-electron chi connectivity index (χ1n) is 5.42. The predicted molar refractivity (Wildman–Crippen MR) is 75.4 cm³/mol. The molecule has 2 aromatic rings. The predicted octanol–water partition coefficient (Wildman–Crippen LogP) is 3.77. The number of rotatable bonds is 3. The summed E-state index contributed by atoms with van der Waals surface area (Å²) in [5.41, 5.74) is 0.135. The third kappa shape index (κ3) is 3.45. The fourth-order valence-electron chi connectivity index (χ4n) is 1.45. The Balaban J connectivity index is 2.39. The summed E-state index contributed by atoms with van der Waals surface area (Å²) in [6.45, 7) is 0. The van der Waals surface area contributed by atoms with Crippen LogP contribution in [0.4, 0.5) is 4.39 Å². The minimum atomic E-state index is -4.20. The highest BCUT2D eigenvalue weighted by Crippen LogP contribution is 2.29. The summed E-state index contributed by atoms with van der Waals surface area (Å²) < 4.78 is 41.9. The zero-order valence-electron chi connectivity index (χ0n) is 10.2. The molecule has 4 nitrogen and oxygen atoms in total. The lowest BCUT2D eigenvalue weighted by Crippen LogP contribution is -2.10. The zero-order valence-corrected chi connectivity index (χ0v) is 12.5. The summed E-state index contributed by atoms with van der Waals surface area (Å²) in [5, 5.41) is 8.54. The van der Waals surface area contributed by atoms with Gasteiger partial charge in [0.2, 0.25) is 0 Å². The third-order valence-corrected chi connectivity index (χ3v) is 4.28. The van der Waals surface area contributed by atoms with Gasteiger partial charge in [-0.05, 0) is 36.4 Å². The summed E-state index contributed by atoms with van der Waals surface area (Å²) in [7, 11) is -4.20. The minimum Gasteiger partial charge on any atom is -0.377 e. The van der Waals surface area contributed by atoms with Crippen molar-refractivity contribution in [1.82, 2.24) is 0 Å². The molecule has 0 aliphatic carbocycles. The molecular formula is C13H6Cl2FNO3S. The van der Waals surface area contributed by atoms with E-state index in [1.165, 1.54) is 12.1 Å². The van der Waals surface area contributed by atoms with Crippen LogP contribution in [0.25, 0.3) is 0 Å². The molecule has 0 N–H and O–H groups in total. The highest BCUT2D eigenvalue weighted by Gasteiger charge is 2.20. The zero-order chi connectivity index (χ0) is 15.6. The van der Waals surface area contributed by atoms with Crippen LogP contribution in [0.5, 0.6) is 5.75 Å². The number of nitriles is 1. The molecule has 0 saturated carbocycles. The molecule has 0 unspecified atom stereocenters. The van der Waals surface area contributed by atoms with Crippen LogP contribution in [0.1, 0.15) is 5.56 Å². The van der Waals surface area contributed by atoms with Crippen molar-refractivity contribution < 1.29 is 17.0 Å². The highest BCUT2D eigenvalue weighted by molar-refractivity contribution is 7.87. The maximum absolute atomic E-state index is 12.9. The number of hydrogen-bond acceptors (Lipinski definition) is 4. The summed E-state index contributed by atoms with van der Waals surface area (Å²) in [5.74, 6) is -0.829. The summed E-state index contributed by atoms with van der Waals surface area (Å²) >= 11 is 11.5. The molecule has 0 radical (unpaired) electrons. The van der Waals surface area contributed by atoms with Gasteiger partial charge in [0.05, 0.1) is 15.6 Å². The molecule has 0 heterocycles. The first kappa shape index (κ1) is 15.6. The lowest BCUT2D eigenvalue weighted by molar-refractivity contribution is 0.485. The SMILES string of the molecule is N#Cc1ccc(S(=O)(=O)Oc2ccc(F)cc2Cl)cc1Cl. The normalized spacial score (nSPS) is 11.0. The van der Waals surface area contributed by atoms with Crippen molar-refractivity contribution in [2.75, 3.05) is 0 Å². The maximum atomic E-state index is 12.9. The second kappa shape index (κ2) is 5.90. The van der Waals surface area contributed by atoms with Gasteiger partial charge in [-0.2, -0.15) is 13.7 Å².